The number of pyridine rings is 1. The van der Waals surface area contributed by atoms with Crippen molar-refractivity contribution in [3.8, 4) is 0 Å². The molecule has 0 spiro atoms. The minimum absolute atomic E-state index is 0.223. The van der Waals surface area contributed by atoms with Crippen molar-refractivity contribution < 1.29 is 5.11 Å². The fraction of sp³-hybridized carbons (Fsp3) is 0.0909. The summed E-state index contributed by atoms with van der Waals surface area (Å²) in [7, 11) is 0. The molecule has 3 rings (SSSR count). The summed E-state index contributed by atoms with van der Waals surface area (Å²) in [6.45, 7) is -0.223. The molecule has 8 heteroatoms. The van der Waals surface area contributed by atoms with Crippen LogP contribution in [0, 0.1) is 0 Å². The Bertz CT molecular complexity index is 732. The summed E-state index contributed by atoms with van der Waals surface area (Å²) in [5.74, 6) is 0. The first-order valence-electron chi connectivity index (χ1n) is 5.37. The lowest BCUT2D eigenvalue weighted by atomic mass is 10.4. The van der Waals surface area contributed by atoms with Crippen LogP contribution in [0.4, 0.5) is 0 Å². The average molecular weight is 294 g/mol. The summed E-state index contributed by atoms with van der Waals surface area (Å²) in [4.78, 5) is 7.96. The molecule has 0 aliphatic heterocycles. The number of rotatable bonds is 3. The van der Waals surface area contributed by atoms with E-state index in [1.54, 1.807) is 0 Å². The molecule has 3 aromatic heterocycles. The van der Waals surface area contributed by atoms with E-state index in [1.807, 2.05) is 28.8 Å². The summed E-state index contributed by atoms with van der Waals surface area (Å²) in [6.07, 6.45) is 3.21. The third kappa shape index (κ3) is 2.27. The molecule has 0 unspecified atom stereocenters. The Kier molecular flexibility index (Phi) is 3.33. The van der Waals surface area contributed by atoms with Crippen molar-refractivity contribution >= 4 is 29.0 Å². The standard InChI is InChI=1S/C11H8ClN5OS/c12-9-7(5-18)10(14-6-13-9)19-11-16-15-8-3-1-2-4-17(8)11/h1-4,6,18H,5H2. The van der Waals surface area contributed by atoms with Crippen molar-refractivity contribution in [3.05, 3.63) is 41.4 Å². The highest BCUT2D eigenvalue weighted by Crippen LogP contribution is 2.30. The lowest BCUT2D eigenvalue weighted by Gasteiger charge is -2.05. The van der Waals surface area contributed by atoms with Gasteiger partial charge < -0.3 is 5.11 Å². The fourth-order valence-electron chi connectivity index (χ4n) is 1.57. The second kappa shape index (κ2) is 5.12. The summed E-state index contributed by atoms with van der Waals surface area (Å²) in [5, 5.41) is 18.9. The molecule has 0 saturated heterocycles. The molecule has 1 N–H and O–H groups in total. The number of aliphatic hydroxyl groups excluding tert-OH is 1. The molecule has 0 aliphatic rings. The Morgan fingerprint density at radius 2 is 2.16 bits per heavy atom. The number of halogens is 1. The highest BCUT2D eigenvalue weighted by atomic mass is 35.5. The first kappa shape index (κ1) is 12.3. The average Bonchev–Trinajstić information content (AvgIpc) is 2.83. The second-order valence-electron chi connectivity index (χ2n) is 3.62. The van der Waals surface area contributed by atoms with Gasteiger partial charge >= 0.3 is 0 Å². The molecule has 0 fully saturated rings. The molecular formula is C11H8ClN5OS. The number of hydrogen-bond acceptors (Lipinski definition) is 6. The molecule has 3 heterocycles. The van der Waals surface area contributed by atoms with Gasteiger partial charge in [-0.1, -0.05) is 17.7 Å². The van der Waals surface area contributed by atoms with E-state index in [0.717, 1.165) is 5.65 Å². The zero-order valence-corrected chi connectivity index (χ0v) is 11.1. The van der Waals surface area contributed by atoms with E-state index in [-0.39, 0.29) is 11.8 Å². The van der Waals surface area contributed by atoms with Crippen LogP contribution in [0.5, 0.6) is 0 Å². The number of fused-ring (bicyclic) bond motifs is 1. The largest absolute Gasteiger partial charge is 0.391 e. The van der Waals surface area contributed by atoms with Crippen molar-refractivity contribution in [3.63, 3.8) is 0 Å². The maximum absolute atomic E-state index is 9.32. The molecule has 0 bridgehead atoms. The molecule has 3 aromatic rings. The van der Waals surface area contributed by atoms with E-state index >= 15 is 0 Å². The van der Waals surface area contributed by atoms with Gasteiger partial charge in [0.1, 0.15) is 16.5 Å². The van der Waals surface area contributed by atoms with E-state index in [4.69, 9.17) is 11.6 Å². The Labute approximate surface area is 117 Å². The van der Waals surface area contributed by atoms with E-state index < -0.39 is 0 Å². The Morgan fingerprint density at radius 1 is 1.26 bits per heavy atom. The molecule has 0 radical (unpaired) electrons. The molecule has 19 heavy (non-hydrogen) atoms. The van der Waals surface area contributed by atoms with E-state index in [9.17, 15) is 5.11 Å². The van der Waals surface area contributed by atoms with Crippen LogP contribution >= 0.6 is 23.4 Å². The maximum Gasteiger partial charge on any atom is 0.201 e. The third-order valence-electron chi connectivity index (χ3n) is 2.48. The van der Waals surface area contributed by atoms with Gasteiger partial charge in [0.15, 0.2) is 5.65 Å². The smallest absolute Gasteiger partial charge is 0.201 e. The van der Waals surface area contributed by atoms with Crippen molar-refractivity contribution in [1.29, 1.82) is 0 Å². The van der Waals surface area contributed by atoms with Gasteiger partial charge in [0.2, 0.25) is 5.16 Å². The van der Waals surface area contributed by atoms with Crippen LogP contribution in [0.25, 0.3) is 5.65 Å². The Morgan fingerprint density at radius 3 is 3.00 bits per heavy atom. The SMILES string of the molecule is OCc1c(Cl)ncnc1Sc1nnc2ccccn12. The zero-order valence-electron chi connectivity index (χ0n) is 9.56. The van der Waals surface area contributed by atoms with Crippen LogP contribution in [0.1, 0.15) is 5.56 Å². The molecule has 0 atom stereocenters. The van der Waals surface area contributed by atoms with E-state index in [2.05, 4.69) is 20.2 Å². The van der Waals surface area contributed by atoms with Crippen LogP contribution < -0.4 is 0 Å². The number of aliphatic hydroxyl groups is 1. The molecule has 0 aliphatic carbocycles. The van der Waals surface area contributed by atoms with Gasteiger partial charge in [0.05, 0.1) is 6.61 Å². The van der Waals surface area contributed by atoms with Crippen LogP contribution in [0.2, 0.25) is 5.15 Å². The number of hydrogen-bond donors (Lipinski definition) is 1. The fourth-order valence-corrected chi connectivity index (χ4v) is 2.71. The van der Waals surface area contributed by atoms with Crippen molar-refractivity contribution in [2.75, 3.05) is 0 Å². The van der Waals surface area contributed by atoms with E-state index in [0.29, 0.717) is 15.7 Å². The van der Waals surface area contributed by atoms with Gasteiger partial charge in [0.25, 0.3) is 0 Å². The Balaban J connectivity index is 2.04. The van der Waals surface area contributed by atoms with Gasteiger partial charge in [-0.25, -0.2) is 9.97 Å². The van der Waals surface area contributed by atoms with Crippen molar-refractivity contribution in [2.24, 2.45) is 0 Å². The maximum atomic E-state index is 9.32. The first-order chi connectivity index (χ1) is 9.29. The molecular weight excluding hydrogens is 286 g/mol. The molecule has 0 saturated carbocycles. The normalized spacial score (nSPS) is 11.1. The van der Waals surface area contributed by atoms with Gasteiger partial charge in [0, 0.05) is 11.8 Å². The summed E-state index contributed by atoms with van der Waals surface area (Å²) in [5.41, 5.74) is 1.23. The molecule has 0 amide bonds. The zero-order chi connectivity index (χ0) is 13.2. The lowest BCUT2D eigenvalue weighted by Crippen LogP contribution is -1.96. The minimum Gasteiger partial charge on any atom is -0.391 e. The van der Waals surface area contributed by atoms with E-state index in [1.165, 1.54) is 18.1 Å². The van der Waals surface area contributed by atoms with Crippen molar-refractivity contribution in [1.82, 2.24) is 24.6 Å². The predicted octanol–water partition coefficient (Wildman–Crippen LogP) is 1.82. The van der Waals surface area contributed by atoms with Crippen LogP contribution in [0.3, 0.4) is 0 Å². The van der Waals surface area contributed by atoms with Crippen LogP contribution in [-0.2, 0) is 6.61 Å². The topological polar surface area (TPSA) is 76.2 Å². The van der Waals surface area contributed by atoms with Gasteiger partial charge in [-0.15, -0.1) is 10.2 Å². The summed E-state index contributed by atoms with van der Waals surface area (Å²) >= 11 is 7.20. The predicted molar refractivity (Wildman–Crippen MR) is 70.1 cm³/mol. The van der Waals surface area contributed by atoms with Crippen LogP contribution in [-0.4, -0.2) is 29.7 Å². The lowest BCUT2D eigenvalue weighted by molar-refractivity contribution is 0.277. The third-order valence-corrected chi connectivity index (χ3v) is 3.81. The highest BCUT2D eigenvalue weighted by Gasteiger charge is 2.13. The summed E-state index contributed by atoms with van der Waals surface area (Å²) in [6, 6.07) is 5.64. The first-order valence-corrected chi connectivity index (χ1v) is 6.57. The number of aromatic nitrogens is 5. The number of nitrogens with zero attached hydrogens (tertiary/aromatic N) is 5. The van der Waals surface area contributed by atoms with Gasteiger partial charge in [-0.3, -0.25) is 4.40 Å². The molecule has 96 valence electrons. The van der Waals surface area contributed by atoms with Crippen LogP contribution in [0.15, 0.2) is 40.9 Å². The summed E-state index contributed by atoms with van der Waals surface area (Å²) < 4.78 is 1.84. The molecule has 0 aromatic carbocycles. The van der Waals surface area contributed by atoms with Gasteiger partial charge in [-0.05, 0) is 23.9 Å². The van der Waals surface area contributed by atoms with Crippen molar-refractivity contribution in [2.45, 2.75) is 16.8 Å². The quantitative estimate of drug-likeness (QED) is 0.742. The second-order valence-corrected chi connectivity index (χ2v) is 4.93. The monoisotopic (exact) mass is 293 g/mol. The minimum atomic E-state index is -0.223. The molecule has 6 nitrogen and oxygen atoms in total. The highest BCUT2D eigenvalue weighted by molar-refractivity contribution is 7.99. The Hall–Kier alpha value is -1.70. The van der Waals surface area contributed by atoms with Gasteiger partial charge in [-0.2, -0.15) is 0 Å².